The molecule has 1 aromatic rings. The fourth-order valence-corrected chi connectivity index (χ4v) is 3.11. The van der Waals surface area contributed by atoms with Gasteiger partial charge in [-0.2, -0.15) is 0 Å². The number of rotatable bonds is 3. The number of hydrogen-bond donors (Lipinski definition) is 1. The number of benzene rings is 1. The minimum absolute atomic E-state index is 0.0111. The summed E-state index contributed by atoms with van der Waals surface area (Å²) in [7, 11) is 0. The molecule has 1 amide bonds. The predicted octanol–water partition coefficient (Wildman–Crippen LogP) is 2.41. The highest BCUT2D eigenvalue weighted by molar-refractivity contribution is 5.87. The van der Waals surface area contributed by atoms with Crippen LogP contribution in [0.3, 0.4) is 0 Å². The largest absolute Gasteiger partial charge is 0.481 e. The Morgan fingerprint density at radius 3 is 2.33 bits per heavy atom. The van der Waals surface area contributed by atoms with Crippen LogP contribution >= 0.6 is 0 Å². The van der Waals surface area contributed by atoms with Gasteiger partial charge in [0.25, 0.3) is 0 Å². The molecule has 4 heteroatoms. The Morgan fingerprint density at radius 2 is 1.81 bits per heavy atom. The Bertz CT molecular complexity index is 579. The van der Waals surface area contributed by atoms with Gasteiger partial charge in [0.2, 0.25) is 5.91 Å². The third kappa shape index (κ3) is 2.71. The van der Waals surface area contributed by atoms with Gasteiger partial charge in [-0.05, 0) is 30.4 Å². The number of carbonyl (C=O) groups excluding carboxylic acids is 1. The summed E-state index contributed by atoms with van der Waals surface area (Å²) >= 11 is 0. The summed E-state index contributed by atoms with van der Waals surface area (Å²) in [6.07, 6.45) is 4.26. The van der Waals surface area contributed by atoms with E-state index >= 15 is 0 Å². The van der Waals surface area contributed by atoms with Gasteiger partial charge < -0.3 is 10.0 Å². The van der Waals surface area contributed by atoms with Crippen molar-refractivity contribution in [3.05, 3.63) is 42.0 Å². The van der Waals surface area contributed by atoms with Crippen LogP contribution in [0.25, 0.3) is 5.57 Å². The molecular weight excluding hydrogens is 266 g/mol. The molecule has 1 aliphatic heterocycles. The summed E-state index contributed by atoms with van der Waals surface area (Å²) in [5.74, 6) is -1.61. The lowest BCUT2D eigenvalue weighted by Crippen LogP contribution is -2.47. The Hall–Kier alpha value is -2.10. The molecule has 21 heavy (non-hydrogen) atoms. The molecule has 0 bridgehead atoms. The lowest BCUT2D eigenvalue weighted by atomic mass is 9.72. The fraction of sp³-hybridized carbons (Fsp3) is 0.412. The highest BCUT2D eigenvalue weighted by atomic mass is 16.4. The summed E-state index contributed by atoms with van der Waals surface area (Å²) in [5.41, 5.74) is 2.47. The Kier molecular flexibility index (Phi) is 3.78. The van der Waals surface area contributed by atoms with Gasteiger partial charge in [-0.25, -0.2) is 0 Å². The van der Waals surface area contributed by atoms with Crippen molar-refractivity contribution in [2.75, 3.05) is 13.1 Å². The molecule has 2 atom stereocenters. The Morgan fingerprint density at radius 1 is 1.10 bits per heavy atom. The van der Waals surface area contributed by atoms with Crippen molar-refractivity contribution in [1.82, 2.24) is 4.90 Å². The minimum Gasteiger partial charge on any atom is -0.481 e. The molecule has 110 valence electrons. The number of hydrogen-bond acceptors (Lipinski definition) is 2. The maximum Gasteiger partial charge on any atom is 0.307 e. The van der Waals surface area contributed by atoms with Gasteiger partial charge in [-0.3, -0.25) is 9.59 Å². The van der Waals surface area contributed by atoms with E-state index in [1.54, 1.807) is 4.90 Å². The minimum atomic E-state index is -0.836. The highest BCUT2D eigenvalue weighted by Gasteiger charge is 2.43. The first-order valence-electron chi connectivity index (χ1n) is 7.43. The van der Waals surface area contributed by atoms with E-state index in [9.17, 15) is 9.59 Å². The van der Waals surface area contributed by atoms with Gasteiger partial charge in [-0.15, -0.1) is 0 Å². The third-order valence-corrected chi connectivity index (χ3v) is 4.57. The average molecular weight is 285 g/mol. The monoisotopic (exact) mass is 285 g/mol. The van der Waals surface area contributed by atoms with E-state index in [0.29, 0.717) is 25.9 Å². The molecule has 1 aliphatic carbocycles. The molecule has 1 N–H and O–H groups in total. The van der Waals surface area contributed by atoms with E-state index in [0.717, 1.165) is 6.42 Å². The molecule has 0 aromatic heterocycles. The quantitative estimate of drug-likeness (QED) is 0.928. The van der Waals surface area contributed by atoms with Gasteiger partial charge in [-0.1, -0.05) is 36.4 Å². The van der Waals surface area contributed by atoms with E-state index in [1.165, 1.54) is 11.1 Å². The molecule has 4 nitrogen and oxygen atoms in total. The summed E-state index contributed by atoms with van der Waals surface area (Å²) in [6.45, 7) is 1.27. The van der Waals surface area contributed by atoms with Crippen molar-refractivity contribution in [2.24, 2.45) is 11.8 Å². The van der Waals surface area contributed by atoms with Crippen molar-refractivity contribution in [2.45, 2.75) is 19.3 Å². The fourth-order valence-electron chi connectivity index (χ4n) is 3.11. The molecule has 3 rings (SSSR count). The molecule has 0 radical (unpaired) electrons. The van der Waals surface area contributed by atoms with Gasteiger partial charge >= 0.3 is 5.97 Å². The second kappa shape index (κ2) is 5.72. The van der Waals surface area contributed by atoms with Crippen LogP contribution in [0.1, 0.15) is 24.8 Å². The molecule has 1 saturated carbocycles. The second-order valence-electron chi connectivity index (χ2n) is 5.76. The molecule has 2 unspecified atom stereocenters. The molecule has 0 spiro atoms. The zero-order chi connectivity index (χ0) is 14.8. The lowest BCUT2D eigenvalue weighted by Gasteiger charge is -2.37. The van der Waals surface area contributed by atoms with Gasteiger partial charge in [0.15, 0.2) is 0 Å². The average Bonchev–Trinajstić information content (AvgIpc) is 2.46. The predicted molar refractivity (Wildman–Crippen MR) is 79.5 cm³/mol. The number of carbonyl (C=O) groups is 2. The Labute approximate surface area is 124 Å². The molecule has 1 aromatic carbocycles. The first kappa shape index (κ1) is 13.9. The third-order valence-electron chi connectivity index (χ3n) is 4.57. The molecule has 2 aliphatic rings. The SMILES string of the molecule is O=C(O)C1CCC1C(=O)N1CC=C(c2ccccc2)CC1. The number of amides is 1. The maximum atomic E-state index is 12.4. The Balaban J connectivity index is 1.64. The van der Waals surface area contributed by atoms with E-state index < -0.39 is 11.9 Å². The van der Waals surface area contributed by atoms with Gasteiger partial charge in [0, 0.05) is 13.1 Å². The van der Waals surface area contributed by atoms with Gasteiger partial charge in [0.1, 0.15) is 0 Å². The first-order chi connectivity index (χ1) is 10.2. The van der Waals surface area contributed by atoms with Crippen LogP contribution in [0, 0.1) is 11.8 Å². The number of aliphatic carboxylic acids is 1. The zero-order valence-corrected chi connectivity index (χ0v) is 11.9. The number of carboxylic acid groups (broad SMARTS) is 1. The first-order valence-corrected chi connectivity index (χ1v) is 7.43. The summed E-state index contributed by atoms with van der Waals surface area (Å²) in [5, 5.41) is 9.06. The molecule has 1 heterocycles. The molecule has 0 saturated heterocycles. The lowest BCUT2D eigenvalue weighted by molar-refractivity contribution is -0.156. The van der Waals surface area contributed by atoms with Crippen molar-refractivity contribution >= 4 is 17.4 Å². The van der Waals surface area contributed by atoms with Crippen LogP contribution in [0.2, 0.25) is 0 Å². The van der Waals surface area contributed by atoms with Crippen LogP contribution in [0.4, 0.5) is 0 Å². The van der Waals surface area contributed by atoms with Crippen molar-refractivity contribution in [3.63, 3.8) is 0 Å². The topological polar surface area (TPSA) is 57.6 Å². The second-order valence-corrected chi connectivity index (χ2v) is 5.76. The molecule has 1 fully saturated rings. The van der Waals surface area contributed by atoms with E-state index in [2.05, 4.69) is 18.2 Å². The van der Waals surface area contributed by atoms with Crippen molar-refractivity contribution in [3.8, 4) is 0 Å². The van der Waals surface area contributed by atoms with Crippen molar-refractivity contribution < 1.29 is 14.7 Å². The van der Waals surface area contributed by atoms with Crippen LogP contribution in [-0.4, -0.2) is 35.0 Å². The maximum absolute atomic E-state index is 12.4. The van der Waals surface area contributed by atoms with E-state index in [4.69, 9.17) is 5.11 Å². The highest BCUT2D eigenvalue weighted by Crippen LogP contribution is 2.36. The van der Waals surface area contributed by atoms with E-state index in [1.807, 2.05) is 18.2 Å². The smallest absolute Gasteiger partial charge is 0.307 e. The number of carboxylic acids is 1. The van der Waals surface area contributed by atoms with Crippen LogP contribution in [0.15, 0.2) is 36.4 Å². The normalized spacial score (nSPS) is 25.0. The van der Waals surface area contributed by atoms with Crippen molar-refractivity contribution in [1.29, 1.82) is 0 Å². The standard InChI is InChI=1S/C17H19NO3/c19-16(14-6-7-15(14)17(20)21)18-10-8-13(9-11-18)12-4-2-1-3-5-12/h1-5,8,14-15H,6-7,9-11H2,(H,20,21). The van der Waals surface area contributed by atoms with Crippen LogP contribution < -0.4 is 0 Å². The molecular formula is C17H19NO3. The summed E-state index contributed by atoms with van der Waals surface area (Å²) < 4.78 is 0. The van der Waals surface area contributed by atoms with E-state index in [-0.39, 0.29) is 11.8 Å². The zero-order valence-electron chi connectivity index (χ0n) is 11.9. The summed E-state index contributed by atoms with van der Waals surface area (Å²) in [6, 6.07) is 10.2. The number of nitrogens with zero attached hydrogens (tertiary/aromatic N) is 1. The summed E-state index contributed by atoms with van der Waals surface area (Å²) in [4.78, 5) is 25.2. The van der Waals surface area contributed by atoms with Gasteiger partial charge in [0.05, 0.1) is 11.8 Å². The van der Waals surface area contributed by atoms with Crippen LogP contribution in [-0.2, 0) is 9.59 Å². The van der Waals surface area contributed by atoms with Crippen LogP contribution in [0.5, 0.6) is 0 Å².